The Bertz CT molecular complexity index is 682. The van der Waals surface area contributed by atoms with Gasteiger partial charge >= 0.3 is 0 Å². The predicted octanol–water partition coefficient (Wildman–Crippen LogP) is 2.39. The molecule has 126 valence electrons. The summed E-state index contributed by atoms with van der Waals surface area (Å²) in [5, 5.41) is 6.10. The minimum atomic E-state index is -0.289. The van der Waals surface area contributed by atoms with E-state index in [1.54, 1.807) is 0 Å². The number of morpholine rings is 1. The lowest BCUT2D eigenvalue weighted by atomic mass is 10.1. The van der Waals surface area contributed by atoms with Crippen LogP contribution in [0.2, 0.25) is 0 Å². The number of rotatable bonds is 5. The Kier molecular flexibility index (Phi) is 5.46. The summed E-state index contributed by atoms with van der Waals surface area (Å²) < 4.78 is 11.3. The van der Waals surface area contributed by atoms with Crippen LogP contribution in [0.1, 0.15) is 11.1 Å². The quantitative estimate of drug-likeness (QED) is 0.886. The van der Waals surface area contributed by atoms with Gasteiger partial charge in [0.15, 0.2) is 0 Å². The third-order valence-corrected chi connectivity index (χ3v) is 3.88. The Balaban J connectivity index is 1.67. The number of carbonyl (C=O) groups excluding carboxylic acids is 1. The number of para-hydroxylation sites is 1. The number of hydrogen-bond acceptors (Lipinski definition) is 4. The van der Waals surface area contributed by atoms with Crippen LogP contribution in [0.3, 0.4) is 0 Å². The van der Waals surface area contributed by atoms with E-state index < -0.39 is 0 Å². The summed E-state index contributed by atoms with van der Waals surface area (Å²) in [6.07, 6.45) is 0. The molecule has 2 N–H and O–H groups in total. The van der Waals surface area contributed by atoms with Gasteiger partial charge in [0.1, 0.15) is 17.5 Å². The first-order chi connectivity index (χ1) is 11.7. The van der Waals surface area contributed by atoms with Crippen LogP contribution in [0.15, 0.2) is 48.5 Å². The number of carbonyl (C=O) groups is 1. The molecule has 0 radical (unpaired) electrons. The molecule has 24 heavy (non-hydrogen) atoms. The van der Waals surface area contributed by atoms with E-state index in [0.717, 1.165) is 22.6 Å². The Labute approximate surface area is 142 Å². The van der Waals surface area contributed by atoms with E-state index in [1.807, 2.05) is 55.5 Å². The minimum absolute atomic E-state index is 0.0547. The number of aryl methyl sites for hydroxylation is 1. The van der Waals surface area contributed by atoms with Crippen molar-refractivity contribution in [3.05, 3.63) is 59.7 Å². The van der Waals surface area contributed by atoms with Gasteiger partial charge < -0.3 is 20.1 Å². The van der Waals surface area contributed by atoms with Gasteiger partial charge in [0.25, 0.3) is 0 Å². The van der Waals surface area contributed by atoms with E-state index in [1.165, 1.54) is 0 Å². The first kappa shape index (κ1) is 16.5. The molecular weight excluding hydrogens is 304 g/mol. The zero-order valence-electron chi connectivity index (χ0n) is 13.7. The summed E-state index contributed by atoms with van der Waals surface area (Å²) in [4.78, 5) is 12.2. The van der Waals surface area contributed by atoms with Crippen molar-refractivity contribution in [2.24, 2.45) is 0 Å². The van der Waals surface area contributed by atoms with Gasteiger partial charge in [-0.3, -0.25) is 4.79 Å². The maximum absolute atomic E-state index is 12.2. The molecule has 0 aliphatic carbocycles. The molecule has 0 aromatic heterocycles. The number of amides is 1. The molecule has 1 saturated heterocycles. The molecule has 0 spiro atoms. The van der Waals surface area contributed by atoms with Crippen LogP contribution in [0.4, 0.5) is 0 Å². The molecule has 1 aliphatic rings. The predicted molar refractivity (Wildman–Crippen MR) is 92.2 cm³/mol. The van der Waals surface area contributed by atoms with Gasteiger partial charge in [0.05, 0.1) is 13.2 Å². The summed E-state index contributed by atoms with van der Waals surface area (Å²) in [5.41, 5.74) is 2.05. The molecule has 1 unspecified atom stereocenters. The van der Waals surface area contributed by atoms with Gasteiger partial charge in [0.2, 0.25) is 5.91 Å². The van der Waals surface area contributed by atoms with Gasteiger partial charge in [-0.05, 0) is 30.7 Å². The molecule has 1 atom stereocenters. The first-order valence-corrected chi connectivity index (χ1v) is 8.13. The lowest BCUT2D eigenvalue weighted by Gasteiger charge is -2.23. The van der Waals surface area contributed by atoms with Crippen molar-refractivity contribution in [1.82, 2.24) is 10.6 Å². The highest BCUT2D eigenvalue weighted by atomic mass is 16.5. The van der Waals surface area contributed by atoms with Crippen molar-refractivity contribution < 1.29 is 14.3 Å². The Morgan fingerprint density at radius 3 is 2.88 bits per heavy atom. The topological polar surface area (TPSA) is 59.6 Å². The van der Waals surface area contributed by atoms with Crippen molar-refractivity contribution in [2.45, 2.75) is 19.5 Å². The van der Waals surface area contributed by atoms with E-state index in [4.69, 9.17) is 9.47 Å². The van der Waals surface area contributed by atoms with Gasteiger partial charge in [-0.2, -0.15) is 0 Å². The SMILES string of the molecule is Cc1ccc(CNC(=O)C2COCCN2)c(Oc2ccccc2)c1. The maximum atomic E-state index is 12.2. The van der Waals surface area contributed by atoms with Gasteiger partial charge in [-0.1, -0.05) is 30.3 Å². The zero-order valence-corrected chi connectivity index (χ0v) is 13.7. The molecule has 1 fully saturated rings. The monoisotopic (exact) mass is 326 g/mol. The third kappa shape index (κ3) is 4.34. The summed E-state index contributed by atoms with van der Waals surface area (Å²) in [6.45, 7) is 4.19. The highest BCUT2D eigenvalue weighted by Crippen LogP contribution is 2.26. The van der Waals surface area contributed by atoms with E-state index in [0.29, 0.717) is 26.3 Å². The number of nitrogens with one attached hydrogen (secondary N) is 2. The summed E-state index contributed by atoms with van der Waals surface area (Å²) in [5.74, 6) is 1.48. The van der Waals surface area contributed by atoms with Gasteiger partial charge in [-0.25, -0.2) is 0 Å². The fraction of sp³-hybridized carbons (Fsp3) is 0.316. The summed E-state index contributed by atoms with van der Waals surface area (Å²) >= 11 is 0. The van der Waals surface area contributed by atoms with Crippen molar-refractivity contribution in [2.75, 3.05) is 19.8 Å². The Morgan fingerprint density at radius 2 is 2.12 bits per heavy atom. The van der Waals surface area contributed by atoms with E-state index in [-0.39, 0.29) is 11.9 Å². The molecule has 1 aliphatic heterocycles. The van der Waals surface area contributed by atoms with Crippen molar-refractivity contribution in [1.29, 1.82) is 0 Å². The van der Waals surface area contributed by atoms with Crippen LogP contribution in [0.25, 0.3) is 0 Å². The largest absolute Gasteiger partial charge is 0.457 e. The molecule has 0 bridgehead atoms. The van der Waals surface area contributed by atoms with Gasteiger partial charge in [0, 0.05) is 18.7 Å². The Hall–Kier alpha value is -2.37. The standard InChI is InChI=1S/C19H22N2O3/c1-14-7-8-15(12-21-19(22)17-13-23-10-9-20-17)18(11-14)24-16-5-3-2-4-6-16/h2-8,11,17,20H,9-10,12-13H2,1H3,(H,21,22). The maximum Gasteiger partial charge on any atom is 0.239 e. The van der Waals surface area contributed by atoms with Crippen molar-refractivity contribution in [3.63, 3.8) is 0 Å². The highest BCUT2D eigenvalue weighted by Gasteiger charge is 2.21. The van der Waals surface area contributed by atoms with Crippen LogP contribution in [0.5, 0.6) is 11.5 Å². The Morgan fingerprint density at radius 1 is 1.29 bits per heavy atom. The van der Waals surface area contributed by atoms with Gasteiger partial charge in [-0.15, -0.1) is 0 Å². The normalized spacial score (nSPS) is 17.3. The first-order valence-electron chi connectivity index (χ1n) is 8.13. The molecule has 0 saturated carbocycles. The molecule has 5 heteroatoms. The zero-order chi connectivity index (χ0) is 16.8. The average Bonchev–Trinajstić information content (AvgIpc) is 2.62. The molecule has 2 aromatic carbocycles. The van der Waals surface area contributed by atoms with E-state index >= 15 is 0 Å². The summed E-state index contributed by atoms with van der Waals surface area (Å²) in [7, 11) is 0. The molecular formula is C19H22N2O3. The van der Waals surface area contributed by atoms with E-state index in [9.17, 15) is 4.79 Å². The number of hydrogen-bond donors (Lipinski definition) is 2. The average molecular weight is 326 g/mol. The van der Waals surface area contributed by atoms with E-state index in [2.05, 4.69) is 10.6 Å². The fourth-order valence-corrected chi connectivity index (χ4v) is 2.56. The second-order valence-electron chi connectivity index (χ2n) is 5.83. The van der Waals surface area contributed by atoms with Crippen molar-refractivity contribution in [3.8, 4) is 11.5 Å². The molecule has 2 aromatic rings. The highest BCUT2D eigenvalue weighted by molar-refractivity contribution is 5.82. The third-order valence-electron chi connectivity index (χ3n) is 3.88. The number of ether oxygens (including phenoxy) is 2. The number of benzene rings is 2. The fourth-order valence-electron chi connectivity index (χ4n) is 2.56. The molecule has 5 nitrogen and oxygen atoms in total. The van der Waals surface area contributed by atoms with Crippen molar-refractivity contribution >= 4 is 5.91 Å². The van der Waals surface area contributed by atoms with Crippen LogP contribution < -0.4 is 15.4 Å². The second kappa shape index (κ2) is 7.95. The lowest BCUT2D eigenvalue weighted by molar-refractivity contribution is -0.126. The van der Waals surface area contributed by atoms with Crippen LogP contribution in [-0.4, -0.2) is 31.7 Å². The van der Waals surface area contributed by atoms with Crippen LogP contribution in [0, 0.1) is 6.92 Å². The lowest BCUT2D eigenvalue weighted by Crippen LogP contribution is -2.51. The molecule has 1 amide bonds. The van der Waals surface area contributed by atoms with Crippen LogP contribution >= 0.6 is 0 Å². The second-order valence-corrected chi connectivity index (χ2v) is 5.83. The summed E-state index contributed by atoms with van der Waals surface area (Å²) in [6, 6.07) is 15.3. The van der Waals surface area contributed by atoms with Crippen LogP contribution in [-0.2, 0) is 16.1 Å². The molecule has 1 heterocycles. The minimum Gasteiger partial charge on any atom is -0.457 e. The molecule has 3 rings (SSSR count). The smallest absolute Gasteiger partial charge is 0.239 e.